The Morgan fingerprint density at radius 2 is 1.86 bits per heavy atom. The van der Waals surface area contributed by atoms with Crippen molar-refractivity contribution in [1.82, 2.24) is 5.32 Å². The Bertz CT molecular complexity index is 334. The molecule has 1 atom stereocenters. The molecule has 0 spiro atoms. The lowest BCUT2D eigenvalue weighted by Crippen LogP contribution is -2.31. The number of aliphatic carboxylic acids is 1. The predicted molar refractivity (Wildman–Crippen MR) is 50.6 cm³/mol. The molecule has 0 heterocycles. The summed E-state index contributed by atoms with van der Waals surface area (Å²) in [6.45, 7) is 1.29. The molecule has 0 aliphatic rings. The Morgan fingerprint density at radius 1 is 1.29 bits per heavy atom. The third-order valence-corrected chi connectivity index (χ3v) is 1.73. The van der Waals surface area contributed by atoms with Gasteiger partial charge in [0.15, 0.2) is 6.04 Å². The van der Waals surface area contributed by atoms with Crippen LogP contribution in [0, 0.1) is 0 Å². The monoisotopic (exact) mass is 193 g/mol. The third kappa shape index (κ3) is 2.58. The lowest BCUT2D eigenvalue weighted by molar-refractivity contribution is -0.141. The summed E-state index contributed by atoms with van der Waals surface area (Å²) in [7, 11) is 0. The summed E-state index contributed by atoms with van der Waals surface area (Å²) in [4.78, 5) is 21.6. The topological polar surface area (TPSA) is 66.4 Å². The van der Waals surface area contributed by atoms with Crippen LogP contribution in [0.1, 0.15) is 18.5 Å². The molecule has 4 heteroatoms. The van der Waals surface area contributed by atoms with E-state index in [1.54, 1.807) is 30.3 Å². The van der Waals surface area contributed by atoms with Crippen LogP contribution in [0.5, 0.6) is 0 Å². The van der Waals surface area contributed by atoms with E-state index in [0.717, 1.165) is 0 Å². The first-order valence-electron chi connectivity index (χ1n) is 4.16. The quantitative estimate of drug-likeness (QED) is 0.751. The van der Waals surface area contributed by atoms with Gasteiger partial charge in [-0.2, -0.15) is 0 Å². The van der Waals surface area contributed by atoms with Gasteiger partial charge in [-0.15, -0.1) is 0 Å². The standard InChI is InChI=1S/C10H11NO3/c1-7(12)11-9(10(13)14)8-5-3-2-4-6-8/h2-6,9H,1H3,(H,11,12)(H,13,14)/t9-/m0/s1. The molecule has 0 saturated heterocycles. The number of carboxylic acids is 1. The molecule has 0 aliphatic carbocycles. The highest BCUT2D eigenvalue weighted by atomic mass is 16.4. The highest BCUT2D eigenvalue weighted by molar-refractivity contribution is 5.83. The summed E-state index contributed by atoms with van der Waals surface area (Å²) in [5.74, 6) is -1.42. The Morgan fingerprint density at radius 3 is 2.29 bits per heavy atom. The SMILES string of the molecule is CC(=O)N[C@H](C(=O)O)c1ccccc1. The molecule has 0 aliphatic heterocycles. The second-order valence-electron chi connectivity index (χ2n) is 2.88. The van der Waals surface area contributed by atoms with E-state index in [0.29, 0.717) is 5.56 Å². The van der Waals surface area contributed by atoms with E-state index in [-0.39, 0.29) is 5.91 Å². The molecule has 1 aromatic rings. The van der Waals surface area contributed by atoms with Crippen molar-refractivity contribution in [3.63, 3.8) is 0 Å². The minimum atomic E-state index is -1.06. The van der Waals surface area contributed by atoms with Crippen LogP contribution >= 0.6 is 0 Å². The van der Waals surface area contributed by atoms with Gasteiger partial charge in [0.05, 0.1) is 0 Å². The van der Waals surface area contributed by atoms with Gasteiger partial charge < -0.3 is 10.4 Å². The summed E-state index contributed by atoms with van der Waals surface area (Å²) in [5, 5.41) is 11.2. The fourth-order valence-corrected chi connectivity index (χ4v) is 1.14. The van der Waals surface area contributed by atoms with Gasteiger partial charge in [0.25, 0.3) is 0 Å². The van der Waals surface area contributed by atoms with Crippen LogP contribution in [0.2, 0.25) is 0 Å². The molecule has 0 unspecified atom stereocenters. The Balaban J connectivity index is 2.89. The molecule has 1 rings (SSSR count). The van der Waals surface area contributed by atoms with Crippen LogP contribution in [-0.4, -0.2) is 17.0 Å². The van der Waals surface area contributed by atoms with Crippen LogP contribution in [0.3, 0.4) is 0 Å². The molecule has 0 saturated carbocycles. The molecular formula is C10H11NO3. The summed E-state index contributed by atoms with van der Waals surface area (Å²) in [6, 6.07) is 7.61. The van der Waals surface area contributed by atoms with Gasteiger partial charge >= 0.3 is 5.97 Å². The van der Waals surface area contributed by atoms with Gasteiger partial charge in [0, 0.05) is 6.92 Å². The third-order valence-electron chi connectivity index (χ3n) is 1.73. The van der Waals surface area contributed by atoms with Crippen molar-refractivity contribution >= 4 is 11.9 Å². The first-order chi connectivity index (χ1) is 6.61. The second kappa shape index (κ2) is 4.41. The maximum atomic E-state index is 10.8. The average molecular weight is 193 g/mol. The maximum absolute atomic E-state index is 10.8. The molecule has 0 aromatic heterocycles. The first-order valence-corrected chi connectivity index (χ1v) is 4.16. The summed E-state index contributed by atoms with van der Waals surface area (Å²) in [6.07, 6.45) is 0. The maximum Gasteiger partial charge on any atom is 0.330 e. The number of benzene rings is 1. The number of nitrogens with one attached hydrogen (secondary N) is 1. The number of hydrogen-bond acceptors (Lipinski definition) is 2. The Hall–Kier alpha value is -1.84. The minimum Gasteiger partial charge on any atom is -0.479 e. The van der Waals surface area contributed by atoms with Crippen molar-refractivity contribution in [2.45, 2.75) is 13.0 Å². The van der Waals surface area contributed by atoms with E-state index in [1.807, 2.05) is 0 Å². The molecule has 1 aromatic carbocycles. The van der Waals surface area contributed by atoms with Gasteiger partial charge in [-0.05, 0) is 5.56 Å². The highest BCUT2D eigenvalue weighted by Gasteiger charge is 2.19. The number of amides is 1. The second-order valence-corrected chi connectivity index (χ2v) is 2.88. The van der Waals surface area contributed by atoms with Crippen molar-refractivity contribution in [2.75, 3.05) is 0 Å². The summed E-state index contributed by atoms with van der Waals surface area (Å²) >= 11 is 0. The summed E-state index contributed by atoms with van der Waals surface area (Å²) < 4.78 is 0. The Labute approximate surface area is 81.6 Å². The average Bonchev–Trinajstić information content (AvgIpc) is 2.15. The number of carbonyl (C=O) groups is 2. The van der Waals surface area contributed by atoms with E-state index >= 15 is 0 Å². The lowest BCUT2D eigenvalue weighted by Gasteiger charge is -2.12. The largest absolute Gasteiger partial charge is 0.479 e. The van der Waals surface area contributed by atoms with E-state index in [2.05, 4.69) is 5.32 Å². The molecule has 74 valence electrons. The van der Waals surface area contributed by atoms with E-state index < -0.39 is 12.0 Å². The van der Waals surface area contributed by atoms with E-state index in [1.165, 1.54) is 6.92 Å². The van der Waals surface area contributed by atoms with Crippen molar-refractivity contribution in [2.24, 2.45) is 0 Å². The molecule has 0 fully saturated rings. The van der Waals surface area contributed by atoms with Gasteiger partial charge in [0.2, 0.25) is 5.91 Å². The number of rotatable bonds is 3. The molecule has 1 amide bonds. The van der Waals surface area contributed by atoms with Gasteiger partial charge in [-0.1, -0.05) is 30.3 Å². The van der Waals surface area contributed by atoms with Crippen LogP contribution in [0.25, 0.3) is 0 Å². The van der Waals surface area contributed by atoms with E-state index in [9.17, 15) is 9.59 Å². The molecular weight excluding hydrogens is 182 g/mol. The van der Waals surface area contributed by atoms with Crippen LogP contribution < -0.4 is 5.32 Å². The van der Waals surface area contributed by atoms with Gasteiger partial charge in [-0.3, -0.25) is 4.79 Å². The normalized spacial score (nSPS) is 11.8. The van der Waals surface area contributed by atoms with Crippen molar-refractivity contribution in [3.8, 4) is 0 Å². The minimum absolute atomic E-state index is 0.360. The van der Waals surface area contributed by atoms with Gasteiger partial charge in [0.1, 0.15) is 0 Å². The number of hydrogen-bond donors (Lipinski definition) is 2. The number of carboxylic acid groups (broad SMARTS) is 1. The number of carbonyl (C=O) groups excluding carboxylic acids is 1. The molecule has 4 nitrogen and oxygen atoms in total. The predicted octanol–water partition coefficient (Wildman–Crippen LogP) is 0.948. The van der Waals surface area contributed by atoms with Crippen molar-refractivity contribution in [3.05, 3.63) is 35.9 Å². The zero-order valence-corrected chi connectivity index (χ0v) is 7.73. The van der Waals surface area contributed by atoms with Crippen LogP contribution in [-0.2, 0) is 9.59 Å². The van der Waals surface area contributed by atoms with Gasteiger partial charge in [-0.25, -0.2) is 4.79 Å². The zero-order chi connectivity index (χ0) is 10.6. The van der Waals surface area contributed by atoms with E-state index in [4.69, 9.17) is 5.11 Å². The highest BCUT2D eigenvalue weighted by Crippen LogP contribution is 2.12. The molecule has 0 bridgehead atoms. The molecule has 0 radical (unpaired) electrons. The Kier molecular flexibility index (Phi) is 3.23. The lowest BCUT2D eigenvalue weighted by atomic mass is 10.1. The fraction of sp³-hybridized carbons (Fsp3) is 0.200. The van der Waals surface area contributed by atoms with Crippen molar-refractivity contribution in [1.29, 1.82) is 0 Å². The van der Waals surface area contributed by atoms with Crippen molar-refractivity contribution < 1.29 is 14.7 Å². The smallest absolute Gasteiger partial charge is 0.330 e. The fourth-order valence-electron chi connectivity index (χ4n) is 1.14. The molecule has 14 heavy (non-hydrogen) atoms. The molecule has 2 N–H and O–H groups in total. The van der Waals surface area contributed by atoms with Crippen LogP contribution in [0.4, 0.5) is 0 Å². The zero-order valence-electron chi connectivity index (χ0n) is 7.73. The van der Waals surface area contributed by atoms with Crippen LogP contribution in [0.15, 0.2) is 30.3 Å². The first kappa shape index (κ1) is 10.2. The summed E-state index contributed by atoms with van der Waals surface area (Å²) in [5.41, 5.74) is 0.565.